The maximum absolute atomic E-state index is 12.9. The van der Waals surface area contributed by atoms with Gasteiger partial charge in [0.1, 0.15) is 5.70 Å². The molecule has 0 spiro atoms. The molecule has 0 unspecified atom stereocenters. The fourth-order valence-electron chi connectivity index (χ4n) is 2.77. The first-order valence-corrected chi connectivity index (χ1v) is 9.04. The van der Waals surface area contributed by atoms with Gasteiger partial charge in [0.25, 0.3) is 11.8 Å². The van der Waals surface area contributed by atoms with E-state index in [0.717, 1.165) is 29.3 Å². The van der Waals surface area contributed by atoms with E-state index in [9.17, 15) is 9.59 Å². The van der Waals surface area contributed by atoms with Gasteiger partial charge in [-0.2, -0.15) is 0 Å². The van der Waals surface area contributed by atoms with Gasteiger partial charge < -0.3 is 14.6 Å². The summed E-state index contributed by atoms with van der Waals surface area (Å²) in [6.07, 6.45) is 6.24. The smallest absolute Gasteiger partial charge is 0.291 e. The monoisotopic (exact) mass is 402 g/mol. The van der Waals surface area contributed by atoms with Gasteiger partial charge in [0.2, 0.25) is 0 Å². The summed E-state index contributed by atoms with van der Waals surface area (Å²) in [6, 6.07) is 10.8. The Kier molecular flexibility index (Phi) is 5.71. The van der Waals surface area contributed by atoms with Gasteiger partial charge in [-0.15, -0.1) is 0 Å². The lowest BCUT2D eigenvalue weighted by molar-refractivity contribution is -0.128. The second-order valence-corrected chi connectivity index (χ2v) is 6.81. The lowest BCUT2D eigenvalue weighted by Crippen LogP contribution is -2.41. The Balaban J connectivity index is 1.87. The van der Waals surface area contributed by atoms with Crippen molar-refractivity contribution in [2.24, 2.45) is 0 Å². The van der Waals surface area contributed by atoms with E-state index in [-0.39, 0.29) is 17.4 Å². The van der Waals surface area contributed by atoms with Crippen molar-refractivity contribution < 1.29 is 14.0 Å². The molecule has 2 amide bonds. The summed E-state index contributed by atoms with van der Waals surface area (Å²) in [6.45, 7) is 1.43. The highest BCUT2D eigenvalue weighted by atomic mass is 79.9. The summed E-state index contributed by atoms with van der Waals surface area (Å²) in [5.74, 6) is -0.428. The molecule has 1 aliphatic rings. The highest BCUT2D eigenvalue weighted by Gasteiger charge is 2.23. The number of carbonyl (C=O) groups excluding carboxylic acids is 2. The van der Waals surface area contributed by atoms with Crippen LogP contribution in [0.4, 0.5) is 0 Å². The van der Waals surface area contributed by atoms with E-state index in [1.165, 1.54) is 6.26 Å². The fraction of sp³-hybridized carbons (Fsp3) is 0.263. The first-order chi connectivity index (χ1) is 12.1. The molecule has 3 rings (SSSR count). The third kappa shape index (κ3) is 4.60. The Morgan fingerprint density at radius 3 is 2.60 bits per heavy atom. The highest BCUT2D eigenvalue weighted by molar-refractivity contribution is 9.10. The van der Waals surface area contributed by atoms with Gasteiger partial charge in [0, 0.05) is 17.6 Å². The van der Waals surface area contributed by atoms with E-state index in [2.05, 4.69) is 21.2 Å². The summed E-state index contributed by atoms with van der Waals surface area (Å²) in [7, 11) is 0. The number of furan rings is 1. The fourth-order valence-corrected chi connectivity index (χ4v) is 3.19. The number of halogens is 1. The van der Waals surface area contributed by atoms with Gasteiger partial charge in [0.05, 0.1) is 6.26 Å². The van der Waals surface area contributed by atoms with Crippen LogP contribution < -0.4 is 5.32 Å². The molecule has 0 aliphatic carbocycles. The Morgan fingerprint density at radius 1 is 1.12 bits per heavy atom. The van der Waals surface area contributed by atoms with Crippen LogP contribution in [0.2, 0.25) is 0 Å². The minimum Gasteiger partial charge on any atom is -0.459 e. The standard InChI is InChI=1S/C19H19BrN2O3/c20-15-7-4-6-14(12-15)13-16(19(24)22-9-2-1-3-10-22)21-18(23)17-8-5-11-25-17/h4-8,11-13H,1-3,9-10H2,(H,21,23)/b16-13-. The van der Waals surface area contributed by atoms with Crippen LogP contribution in [0.25, 0.3) is 6.08 Å². The largest absolute Gasteiger partial charge is 0.459 e. The Morgan fingerprint density at radius 2 is 1.92 bits per heavy atom. The average molecular weight is 403 g/mol. The molecular formula is C19H19BrN2O3. The summed E-state index contributed by atoms with van der Waals surface area (Å²) >= 11 is 3.42. The molecule has 6 heteroatoms. The van der Waals surface area contributed by atoms with E-state index in [1.54, 1.807) is 23.1 Å². The van der Waals surface area contributed by atoms with Crippen LogP contribution in [0.15, 0.2) is 57.2 Å². The molecule has 25 heavy (non-hydrogen) atoms. The molecule has 0 radical (unpaired) electrons. The van der Waals surface area contributed by atoms with Crippen molar-refractivity contribution in [2.45, 2.75) is 19.3 Å². The molecular weight excluding hydrogens is 384 g/mol. The number of carbonyl (C=O) groups is 2. The lowest BCUT2D eigenvalue weighted by Gasteiger charge is -2.27. The summed E-state index contributed by atoms with van der Waals surface area (Å²) in [5, 5.41) is 2.71. The second kappa shape index (κ2) is 8.16. The van der Waals surface area contributed by atoms with Crippen molar-refractivity contribution in [1.29, 1.82) is 0 Å². The van der Waals surface area contributed by atoms with Crippen LogP contribution in [0, 0.1) is 0 Å². The number of nitrogens with zero attached hydrogens (tertiary/aromatic N) is 1. The van der Waals surface area contributed by atoms with Crippen molar-refractivity contribution >= 4 is 33.8 Å². The minimum absolute atomic E-state index is 0.167. The maximum Gasteiger partial charge on any atom is 0.291 e. The number of hydrogen-bond donors (Lipinski definition) is 1. The maximum atomic E-state index is 12.9. The van der Waals surface area contributed by atoms with Crippen LogP contribution in [0.3, 0.4) is 0 Å². The third-order valence-electron chi connectivity index (χ3n) is 4.03. The number of likely N-dealkylation sites (tertiary alicyclic amines) is 1. The van der Waals surface area contributed by atoms with Gasteiger partial charge in [-0.05, 0) is 55.2 Å². The molecule has 1 aromatic carbocycles. The highest BCUT2D eigenvalue weighted by Crippen LogP contribution is 2.17. The van der Waals surface area contributed by atoms with Crippen LogP contribution in [0.5, 0.6) is 0 Å². The minimum atomic E-state index is -0.434. The van der Waals surface area contributed by atoms with Crippen molar-refractivity contribution in [3.8, 4) is 0 Å². The average Bonchev–Trinajstić information content (AvgIpc) is 3.16. The molecule has 1 fully saturated rings. The normalized spacial score (nSPS) is 15.1. The second-order valence-electron chi connectivity index (χ2n) is 5.90. The van der Waals surface area contributed by atoms with Gasteiger partial charge in [0.15, 0.2) is 5.76 Å². The van der Waals surface area contributed by atoms with Crippen LogP contribution >= 0.6 is 15.9 Å². The number of piperidine rings is 1. The van der Waals surface area contributed by atoms with E-state index >= 15 is 0 Å². The molecule has 5 nitrogen and oxygen atoms in total. The zero-order valence-electron chi connectivity index (χ0n) is 13.7. The topological polar surface area (TPSA) is 62.6 Å². The van der Waals surface area contributed by atoms with Crippen molar-refractivity contribution in [2.75, 3.05) is 13.1 Å². The molecule has 0 saturated carbocycles. The van der Waals surface area contributed by atoms with Crippen LogP contribution in [-0.4, -0.2) is 29.8 Å². The molecule has 2 heterocycles. The number of rotatable bonds is 4. The molecule has 1 N–H and O–H groups in total. The van der Waals surface area contributed by atoms with Crippen molar-refractivity contribution in [3.63, 3.8) is 0 Å². The lowest BCUT2D eigenvalue weighted by atomic mass is 10.1. The van der Waals surface area contributed by atoms with Gasteiger partial charge in [-0.1, -0.05) is 28.1 Å². The first kappa shape index (κ1) is 17.5. The Hall–Kier alpha value is -2.34. The van der Waals surface area contributed by atoms with E-state index in [4.69, 9.17) is 4.42 Å². The molecule has 0 atom stereocenters. The number of amides is 2. The predicted octanol–water partition coefficient (Wildman–Crippen LogP) is 3.83. The van der Waals surface area contributed by atoms with Crippen molar-refractivity contribution in [1.82, 2.24) is 10.2 Å². The molecule has 2 aromatic rings. The van der Waals surface area contributed by atoms with E-state index < -0.39 is 5.91 Å². The Labute approximate surface area is 154 Å². The van der Waals surface area contributed by atoms with Crippen LogP contribution in [-0.2, 0) is 4.79 Å². The summed E-state index contributed by atoms with van der Waals surface area (Å²) in [5.41, 5.74) is 1.08. The van der Waals surface area contributed by atoms with Gasteiger partial charge in [-0.25, -0.2) is 0 Å². The molecule has 130 valence electrons. The zero-order chi connectivity index (χ0) is 17.6. The summed E-state index contributed by atoms with van der Waals surface area (Å²) in [4.78, 5) is 27.0. The predicted molar refractivity (Wildman–Crippen MR) is 98.7 cm³/mol. The first-order valence-electron chi connectivity index (χ1n) is 8.25. The van der Waals surface area contributed by atoms with Crippen molar-refractivity contribution in [3.05, 3.63) is 64.2 Å². The van der Waals surface area contributed by atoms with E-state index in [0.29, 0.717) is 13.1 Å². The van der Waals surface area contributed by atoms with Gasteiger partial charge >= 0.3 is 0 Å². The SMILES string of the molecule is O=C(N/C(=C\c1cccc(Br)c1)C(=O)N1CCCCC1)c1ccco1. The molecule has 0 bridgehead atoms. The quantitative estimate of drug-likeness (QED) is 0.790. The number of hydrogen-bond acceptors (Lipinski definition) is 3. The summed E-state index contributed by atoms with van der Waals surface area (Å²) < 4.78 is 6.02. The van der Waals surface area contributed by atoms with E-state index in [1.807, 2.05) is 24.3 Å². The van der Waals surface area contributed by atoms with Crippen LogP contribution in [0.1, 0.15) is 35.4 Å². The zero-order valence-corrected chi connectivity index (χ0v) is 15.3. The van der Waals surface area contributed by atoms with Gasteiger partial charge in [-0.3, -0.25) is 9.59 Å². The number of nitrogens with one attached hydrogen (secondary N) is 1. The third-order valence-corrected chi connectivity index (χ3v) is 4.52. The Bertz CT molecular complexity index is 778. The molecule has 1 aliphatic heterocycles. The number of benzene rings is 1. The molecule has 1 saturated heterocycles. The molecule has 1 aromatic heterocycles.